The summed E-state index contributed by atoms with van der Waals surface area (Å²) in [6, 6.07) is 12.8. The average molecular weight is 386 g/mol. The van der Waals surface area contributed by atoms with Crippen LogP contribution >= 0.6 is 11.6 Å². The molecule has 6 heteroatoms. The van der Waals surface area contributed by atoms with Crippen molar-refractivity contribution in [3.05, 3.63) is 64.3 Å². The summed E-state index contributed by atoms with van der Waals surface area (Å²) in [6.45, 7) is 4.91. The minimum atomic E-state index is -0.505. The van der Waals surface area contributed by atoms with E-state index in [1.165, 1.54) is 0 Å². The van der Waals surface area contributed by atoms with E-state index < -0.39 is 5.97 Å². The SMILES string of the molecule is CCCOc1c(Cl)cc(/C=C2\N=C(c3ccccc3)OC2=O)cc1OCC. The zero-order valence-corrected chi connectivity index (χ0v) is 16.0. The molecule has 1 aliphatic rings. The van der Waals surface area contributed by atoms with E-state index in [1.807, 2.05) is 44.2 Å². The van der Waals surface area contributed by atoms with Crippen molar-refractivity contribution in [3.8, 4) is 11.5 Å². The predicted octanol–water partition coefficient (Wildman–Crippen LogP) is 4.87. The highest BCUT2D eigenvalue weighted by molar-refractivity contribution is 6.32. The number of hydrogen-bond donors (Lipinski definition) is 0. The molecular weight excluding hydrogens is 366 g/mol. The van der Waals surface area contributed by atoms with Gasteiger partial charge in [-0.05, 0) is 49.2 Å². The Balaban J connectivity index is 1.94. The minimum absolute atomic E-state index is 0.203. The van der Waals surface area contributed by atoms with Crippen LogP contribution < -0.4 is 9.47 Å². The molecule has 0 bridgehead atoms. The maximum absolute atomic E-state index is 12.2. The molecule has 2 aromatic rings. The van der Waals surface area contributed by atoms with Crippen molar-refractivity contribution in [3.63, 3.8) is 0 Å². The molecule has 0 radical (unpaired) electrons. The monoisotopic (exact) mass is 385 g/mol. The quantitative estimate of drug-likeness (QED) is 0.504. The van der Waals surface area contributed by atoms with Crippen LogP contribution in [0.1, 0.15) is 31.4 Å². The van der Waals surface area contributed by atoms with Gasteiger partial charge in [0.15, 0.2) is 17.2 Å². The van der Waals surface area contributed by atoms with Gasteiger partial charge in [0.1, 0.15) is 0 Å². The lowest BCUT2D eigenvalue weighted by Gasteiger charge is -2.14. The van der Waals surface area contributed by atoms with Crippen molar-refractivity contribution in [2.45, 2.75) is 20.3 Å². The Labute approximate surface area is 163 Å². The summed E-state index contributed by atoms with van der Waals surface area (Å²) in [4.78, 5) is 16.5. The second kappa shape index (κ2) is 8.73. The molecule has 140 valence electrons. The molecule has 0 fully saturated rings. The molecule has 1 heterocycles. The Morgan fingerprint density at radius 2 is 1.93 bits per heavy atom. The number of nitrogens with zero attached hydrogens (tertiary/aromatic N) is 1. The molecule has 27 heavy (non-hydrogen) atoms. The molecule has 0 saturated carbocycles. The van der Waals surface area contributed by atoms with Gasteiger partial charge >= 0.3 is 5.97 Å². The summed E-state index contributed by atoms with van der Waals surface area (Å²) < 4.78 is 16.6. The Bertz CT molecular complexity index is 891. The number of hydrogen-bond acceptors (Lipinski definition) is 5. The number of carbonyl (C=O) groups is 1. The van der Waals surface area contributed by atoms with E-state index in [0.29, 0.717) is 35.3 Å². The van der Waals surface area contributed by atoms with Crippen LogP contribution in [0.4, 0.5) is 0 Å². The Kier molecular flexibility index (Phi) is 6.14. The van der Waals surface area contributed by atoms with E-state index in [2.05, 4.69) is 4.99 Å². The second-order valence-electron chi connectivity index (χ2n) is 5.81. The van der Waals surface area contributed by atoms with Gasteiger partial charge in [0.25, 0.3) is 0 Å². The standard InChI is InChI=1S/C21H20ClNO4/c1-3-10-26-19-16(22)11-14(13-18(19)25-4-2)12-17-21(24)27-20(23-17)15-8-6-5-7-9-15/h5-9,11-13H,3-4,10H2,1-2H3/b17-12-. The van der Waals surface area contributed by atoms with E-state index in [-0.39, 0.29) is 11.6 Å². The summed E-state index contributed by atoms with van der Waals surface area (Å²) in [5, 5.41) is 0.417. The smallest absolute Gasteiger partial charge is 0.363 e. The van der Waals surface area contributed by atoms with Crippen molar-refractivity contribution in [2.75, 3.05) is 13.2 Å². The molecule has 0 spiro atoms. The zero-order chi connectivity index (χ0) is 19.2. The molecule has 2 aromatic carbocycles. The van der Waals surface area contributed by atoms with Gasteiger partial charge in [0, 0.05) is 5.56 Å². The molecule has 0 N–H and O–H groups in total. The summed E-state index contributed by atoms with van der Waals surface area (Å²) in [6.07, 6.45) is 2.48. The van der Waals surface area contributed by atoms with Gasteiger partial charge in [-0.1, -0.05) is 36.7 Å². The van der Waals surface area contributed by atoms with Crippen molar-refractivity contribution in [2.24, 2.45) is 4.99 Å². The molecule has 0 unspecified atom stereocenters. The van der Waals surface area contributed by atoms with Crippen LogP contribution in [-0.4, -0.2) is 25.1 Å². The molecular formula is C21H20ClNO4. The predicted molar refractivity (Wildman–Crippen MR) is 105 cm³/mol. The van der Waals surface area contributed by atoms with Gasteiger partial charge in [-0.15, -0.1) is 0 Å². The van der Waals surface area contributed by atoms with E-state index in [1.54, 1.807) is 18.2 Å². The number of aliphatic imine (C=N–C) groups is 1. The molecule has 0 saturated heterocycles. The van der Waals surface area contributed by atoms with Crippen LogP contribution in [-0.2, 0) is 9.53 Å². The Hall–Kier alpha value is -2.79. The van der Waals surface area contributed by atoms with E-state index in [4.69, 9.17) is 25.8 Å². The van der Waals surface area contributed by atoms with Crippen molar-refractivity contribution in [1.29, 1.82) is 0 Å². The van der Waals surface area contributed by atoms with Gasteiger partial charge in [-0.25, -0.2) is 9.79 Å². The third-order valence-corrected chi connectivity index (χ3v) is 4.01. The topological polar surface area (TPSA) is 57.1 Å². The number of carbonyl (C=O) groups excluding carboxylic acids is 1. The van der Waals surface area contributed by atoms with Crippen LogP contribution in [0, 0.1) is 0 Å². The average Bonchev–Trinajstić information content (AvgIpc) is 3.03. The highest BCUT2D eigenvalue weighted by Crippen LogP contribution is 2.37. The lowest BCUT2D eigenvalue weighted by atomic mass is 10.1. The fraction of sp³-hybridized carbons (Fsp3) is 0.238. The highest BCUT2D eigenvalue weighted by Gasteiger charge is 2.24. The largest absolute Gasteiger partial charge is 0.490 e. The van der Waals surface area contributed by atoms with Crippen LogP contribution in [0.15, 0.2) is 53.2 Å². The van der Waals surface area contributed by atoms with Gasteiger partial charge in [0.2, 0.25) is 5.90 Å². The number of rotatable bonds is 7. The molecule has 1 aliphatic heterocycles. The fourth-order valence-electron chi connectivity index (χ4n) is 2.55. The van der Waals surface area contributed by atoms with Crippen molar-refractivity contribution >= 4 is 29.5 Å². The maximum atomic E-state index is 12.2. The van der Waals surface area contributed by atoms with Crippen molar-refractivity contribution in [1.82, 2.24) is 0 Å². The van der Waals surface area contributed by atoms with Gasteiger partial charge < -0.3 is 14.2 Å². The first kappa shape index (κ1) is 19.0. The maximum Gasteiger partial charge on any atom is 0.363 e. The number of esters is 1. The number of benzene rings is 2. The van der Waals surface area contributed by atoms with Crippen LogP contribution in [0.2, 0.25) is 5.02 Å². The number of halogens is 1. The minimum Gasteiger partial charge on any atom is -0.490 e. The fourth-order valence-corrected chi connectivity index (χ4v) is 2.82. The molecule has 0 aromatic heterocycles. The summed E-state index contributed by atoms with van der Waals surface area (Å²) in [5.41, 5.74) is 1.62. The normalized spacial score (nSPS) is 14.9. The summed E-state index contributed by atoms with van der Waals surface area (Å²) in [7, 11) is 0. The highest BCUT2D eigenvalue weighted by atomic mass is 35.5. The van der Waals surface area contributed by atoms with E-state index in [0.717, 1.165) is 12.0 Å². The first-order valence-corrected chi connectivity index (χ1v) is 9.17. The molecule has 0 aliphatic carbocycles. The van der Waals surface area contributed by atoms with Crippen LogP contribution in [0.25, 0.3) is 6.08 Å². The molecule has 5 nitrogen and oxygen atoms in total. The summed E-state index contributed by atoms with van der Waals surface area (Å²) >= 11 is 6.37. The second-order valence-corrected chi connectivity index (χ2v) is 6.22. The molecule has 0 atom stereocenters. The number of cyclic esters (lactones) is 1. The zero-order valence-electron chi connectivity index (χ0n) is 15.2. The van der Waals surface area contributed by atoms with Gasteiger partial charge in [-0.2, -0.15) is 0 Å². The van der Waals surface area contributed by atoms with Crippen LogP contribution in [0.5, 0.6) is 11.5 Å². The van der Waals surface area contributed by atoms with Crippen molar-refractivity contribution < 1.29 is 19.0 Å². The van der Waals surface area contributed by atoms with E-state index in [9.17, 15) is 4.79 Å². The Morgan fingerprint density at radius 3 is 2.63 bits per heavy atom. The van der Waals surface area contributed by atoms with Gasteiger partial charge in [-0.3, -0.25) is 0 Å². The molecule has 0 amide bonds. The number of ether oxygens (including phenoxy) is 3. The summed E-state index contributed by atoms with van der Waals surface area (Å²) in [5.74, 6) is 0.814. The Morgan fingerprint density at radius 1 is 1.15 bits per heavy atom. The van der Waals surface area contributed by atoms with Crippen LogP contribution in [0.3, 0.4) is 0 Å². The first-order valence-electron chi connectivity index (χ1n) is 8.79. The molecule has 3 rings (SSSR count). The lowest BCUT2D eigenvalue weighted by molar-refractivity contribution is -0.129. The first-order chi connectivity index (χ1) is 13.1. The van der Waals surface area contributed by atoms with Gasteiger partial charge in [0.05, 0.1) is 18.2 Å². The third-order valence-electron chi connectivity index (χ3n) is 3.73. The third kappa shape index (κ3) is 4.49. The lowest BCUT2D eigenvalue weighted by Crippen LogP contribution is -2.05. The van der Waals surface area contributed by atoms with E-state index >= 15 is 0 Å².